The van der Waals surface area contributed by atoms with E-state index in [2.05, 4.69) is 25.3 Å². The molecular weight excluding hydrogens is 723 g/mol. The summed E-state index contributed by atoms with van der Waals surface area (Å²) in [5.74, 6) is -2.52. The number of hydrogen-bond acceptors (Lipinski definition) is 10. The van der Waals surface area contributed by atoms with Crippen molar-refractivity contribution in [3.05, 3.63) is 84.5 Å². The van der Waals surface area contributed by atoms with Crippen molar-refractivity contribution in [1.29, 1.82) is 0 Å². The molecule has 5 atom stereocenters. The maximum Gasteiger partial charge on any atom is 0.272 e. The van der Waals surface area contributed by atoms with Crippen LogP contribution < -0.4 is 20.1 Å². The number of amides is 4. The van der Waals surface area contributed by atoms with Crippen LogP contribution in [-0.4, -0.2) is 87.4 Å². The Kier molecular flexibility index (Phi) is 9.74. The van der Waals surface area contributed by atoms with E-state index in [1.54, 1.807) is 6.92 Å². The summed E-state index contributed by atoms with van der Waals surface area (Å²) in [7, 11) is -3.89. The summed E-state index contributed by atoms with van der Waals surface area (Å²) >= 11 is 0. The Morgan fingerprint density at radius 1 is 0.945 bits per heavy atom. The Bertz CT molecular complexity index is 2310. The molecule has 2 aromatic carbocycles. The summed E-state index contributed by atoms with van der Waals surface area (Å²) in [4.78, 5) is 70.9. The molecule has 4 amide bonds. The first kappa shape index (κ1) is 36.5. The van der Waals surface area contributed by atoms with Gasteiger partial charge < -0.3 is 20.3 Å². The number of nitrogens with zero attached hydrogens (tertiary/aromatic N) is 4. The number of para-hydroxylation sites is 1. The lowest BCUT2D eigenvalue weighted by Gasteiger charge is -2.29. The largest absolute Gasteiger partial charge is 0.472 e. The van der Waals surface area contributed by atoms with Gasteiger partial charge in [0.1, 0.15) is 29.4 Å². The molecule has 1 saturated heterocycles. The Hall–Kier alpha value is -5.44. The molecular formula is C40H43N7O7S. The number of carbonyl (C=O) groups is 4. The van der Waals surface area contributed by atoms with E-state index in [0.29, 0.717) is 43.7 Å². The van der Waals surface area contributed by atoms with Crippen molar-refractivity contribution in [2.45, 2.75) is 93.7 Å². The van der Waals surface area contributed by atoms with Crippen LogP contribution in [0, 0.1) is 12.8 Å². The number of pyridine rings is 1. The minimum atomic E-state index is -3.89. The highest BCUT2D eigenvalue weighted by Gasteiger charge is 2.62. The van der Waals surface area contributed by atoms with Gasteiger partial charge in [0.15, 0.2) is 0 Å². The fraction of sp³-hybridized carbons (Fsp3) is 0.425. The molecule has 2 aliphatic heterocycles. The number of carbonyl (C=O) groups excluding carboxylic acids is 4. The number of sulfonamides is 1. The van der Waals surface area contributed by atoms with E-state index in [1.165, 1.54) is 17.3 Å². The smallest absolute Gasteiger partial charge is 0.272 e. The second-order valence-electron chi connectivity index (χ2n) is 15.0. The zero-order chi connectivity index (χ0) is 38.3. The van der Waals surface area contributed by atoms with Crippen molar-refractivity contribution in [3.8, 4) is 5.88 Å². The first-order valence-electron chi connectivity index (χ1n) is 18.9. The van der Waals surface area contributed by atoms with E-state index < -0.39 is 68.5 Å². The quantitative estimate of drug-likeness (QED) is 0.185. The Balaban J connectivity index is 1.12. The highest BCUT2D eigenvalue weighted by molar-refractivity contribution is 7.91. The van der Waals surface area contributed by atoms with Crippen LogP contribution in [0.1, 0.15) is 74.0 Å². The van der Waals surface area contributed by atoms with E-state index in [-0.39, 0.29) is 25.1 Å². The van der Waals surface area contributed by atoms with Gasteiger partial charge in [0.05, 0.1) is 29.2 Å². The van der Waals surface area contributed by atoms with E-state index >= 15 is 0 Å². The van der Waals surface area contributed by atoms with Crippen molar-refractivity contribution >= 4 is 55.3 Å². The van der Waals surface area contributed by atoms with E-state index in [9.17, 15) is 27.6 Å². The fourth-order valence-corrected chi connectivity index (χ4v) is 9.07. The minimum absolute atomic E-state index is 0.00491. The van der Waals surface area contributed by atoms with Crippen LogP contribution in [0.25, 0.3) is 21.7 Å². The molecule has 2 saturated carbocycles. The predicted octanol–water partition coefficient (Wildman–Crippen LogP) is 3.64. The normalized spacial score (nSPS) is 26.5. The molecule has 3 N–H and O–H groups in total. The van der Waals surface area contributed by atoms with Gasteiger partial charge in [-0.15, -0.1) is 0 Å². The number of hydrogen-bond donors (Lipinski definition) is 3. The van der Waals surface area contributed by atoms with Crippen LogP contribution >= 0.6 is 0 Å². The van der Waals surface area contributed by atoms with Crippen molar-refractivity contribution in [2.24, 2.45) is 5.92 Å². The van der Waals surface area contributed by atoms with Gasteiger partial charge in [0.25, 0.3) is 11.8 Å². The molecule has 4 aromatic rings. The zero-order valence-corrected chi connectivity index (χ0v) is 31.3. The molecule has 55 heavy (non-hydrogen) atoms. The van der Waals surface area contributed by atoms with E-state index in [0.717, 1.165) is 34.5 Å². The van der Waals surface area contributed by atoms with Crippen molar-refractivity contribution < 1.29 is 32.3 Å². The average molecular weight is 766 g/mol. The van der Waals surface area contributed by atoms with Gasteiger partial charge in [-0.1, -0.05) is 61.4 Å². The van der Waals surface area contributed by atoms with E-state index in [1.807, 2.05) is 60.7 Å². The first-order chi connectivity index (χ1) is 26.5. The molecule has 8 rings (SSSR count). The third-order valence-electron chi connectivity index (χ3n) is 11.0. The third-order valence-corrected chi connectivity index (χ3v) is 12.8. The molecule has 14 nitrogen and oxygen atoms in total. The van der Waals surface area contributed by atoms with Gasteiger partial charge in [-0.25, -0.2) is 18.4 Å². The van der Waals surface area contributed by atoms with Crippen molar-refractivity contribution in [1.82, 2.24) is 35.2 Å². The number of nitrogens with one attached hydrogen (secondary N) is 3. The summed E-state index contributed by atoms with van der Waals surface area (Å²) in [6.45, 7) is 1.75. The summed E-state index contributed by atoms with van der Waals surface area (Å²) in [6, 6.07) is 13.3. The first-order valence-corrected chi connectivity index (χ1v) is 20.5. The molecule has 0 bridgehead atoms. The number of allylic oxidation sites excluding steroid dienone is 1. The molecule has 3 fully saturated rings. The molecule has 0 spiro atoms. The predicted molar refractivity (Wildman–Crippen MR) is 203 cm³/mol. The minimum Gasteiger partial charge on any atom is -0.472 e. The average Bonchev–Trinajstić information content (AvgIpc) is 4.11. The standard InChI is InChI=1S/C40H43N7O7S/c1-24-21-42-33(22-41-24)35(48)43-32-16-6-4-2-3-5-11-25-20-40(25,39(51)46-55(52,53)27-17-18-27)45-36(49)34-19-26(23-47(34)38(32)50)54-37-30-14-8-7-12-28(30)29-13-9-10-15-31(29)44-37/h5,7-15,21-22,25-27,32,34H,2-4,6,16-20,23H2,1H3,(H,43,48)(H,45,49)(H,46,51)/b11-5-/t25-,26?,32+,34+,40-/m1/s1. The van der Waals surface area contributed by atoms with Crippen LogP contribution in [0.4, 0.5) is 0 Å². The highest BCUT2D eigenvalue weighted by atomic mass is 32.2. The SMILES string of the molecule is Cc1cnc(C(=O)N[C@H]2CCCCC/C=C\[C@@H]3C[C@@]3(C(=O)NS(=O)(=O)C3CC3)NC(=O)[C@@H]3CC(Oc4nc5ccccc5c5ccccc45)CN3C2=O)cn1. The second-order valence-corrected chi connectivity index (χ2v) is 17.0. The van der Waals surface area contributed by atoms with Gasteiger partial charge in [-0.05, 0) is 63.0 Å². The van der Waals surface area contributed by atoms with Gasteiger partial charge in [0.2, 0.25) is 27.7 Å². The topological polar surface area (TPSA) is 190 Å². The van der Waals surface area contributed by atoms with Gasteiger partial charge >= 0.3 is 0 Å². The van der Waals surface area contributed by atoms with Crippen LogP contribution in [0.3, 0.4) is 0 Å². The lowest BCUT2D eigenvalue weighted by Crippen LogP contribution is -2.58. The number of rotatable bonds is 7. The number of aromatic nitrogens is 3. The molecule has 4 aliphatic rings. The number of ether oxygens (including phenoxy) is 1. The van der Waals surface area contributed by atoms with E-state index in [4.69, 9.17) is 9.72 Å². The molecule has 4 heterocycles. The molecule has 2 aromatic heterocycles. The number of fused-ring (bicyclic) bond motifs is 5. The van der Waals surface area contributed by atoms with Crippen LogP contribution in [0.5, 0.6) is 5.88 Å². The van der Waals surface area contributed by atoms with Crippen LogP contribution in [-0.2, 0) is 24.4 Å². The number of aryl methyl sites for hydroxylation is 1. The molecule has 2 aliphatic carbocycles. The molecule has 286 valence electrons. The highest BCUT2D eigenvalue weighted by Crippen LogP contribution is 2.46. The van der Waals surface area contributed by atoms with Crippen molar-refractivity contribution in [2.75, 3.05) is 6.54 Å². The maximum atomic E-state index is 14.6. The molecule has 1 unspecified atom stereocenters. The second kappa shape index (κ2) is 14.7. The molecule has 15 heteroatoms. The molecule has 0 radical (unpaired) electrons. The lowest BCUT2D eigenvalue weighted by atomic mass is 10.0. The monoisotopic (exact) mass is 765 g/mol. The summed E-state index contributed by atoms with van der Waals surface area (Å²) < 4.78 is 34.6. The van der Waals surface area contributed by atoms with Gasteiger partial charge in [-0.2, -0.15) is 0 Å². The number of benzene rings is 2. The summed E-state index contributed by atoms with van der Waals surface area (Å²) in [5, 5.41) is 7.79. The van der Waals surface area contributed by atoms with Crippen LogP contribution in [0.2, 0.25) is 0 Å². The zero-order valence-electron chi connectivity index (χ0n) is 30.4. The Morgan fingerprint density at radius 2 is 1.71 bits per heavy atom. The van der Waals surface area contributed by atoms with Gasteiger partial charge in [-0.3, -0.25) is 28.9 Å². The lowest BCUT2D eigenvalue weighted by molar-refractivity contribution is -0.141. The maximum absolute atomic E-state index is 14.6. The Labute approximate surface area is 318 Å². The van der Waals surface area contributed by atoms with Crippen LogP contribution in [0.15, 0.2) is 73.1 Å². The van der Waals surface area contributed by atoms with Gasteiger partial charge in [0, 0.05) is 29.3 Å². The third kappa shape index (κ3) is 7.49. The fourth-order valence-electron chi connectivity index (χ4n) is 7.71. The summed E-state index contributed by atoms with van der Waals surface area (Å²) in [5.41, 5.74) is -0.0889. The summed E-state index contributed by atoms with van der Waals surface area (Å²) in [6.07, 6.45) is 10.4. The van der Waals surface area contributed by atoms with Crippen molar-refractivity contribution in [3.63, 3.8) is 0 Å². The Morgan fingerprint density at radius 3 is 2.47 bits per heavy atom.